The number of hydrogen-bond acceptors (Lipinski definition) is 9. The molecular formula is C25H22ClFN4O5S. The van der Waals surface area contributed by atoms with Crippen molar-refractivity contribution in [3.63, 3.8) is 0 Å². The van der Waals surface area contributed by atoms with E-state index in [2.05, 4.69) is 15.3 Å². The number of hydrogen-bond donors (Lipinski definition) is 2. The standard InChI is InChI=1S/C25H22ClFN4O5S/c1-35-25(34)18-19(12-2-4-13(5-3-12)22-29-17(11-36-22)24(32)33)30-21(23-28-8-9-37-23)31-20(18)15-7-6-14(27)10-16(15)26/h6-13,20H,2-5H2,1H3,(H,30,31)(H,32,33)/t12-,13-,20?. The zero-order chi connectivity index (χ0) is 26.1. The first-order valence-corrected chi connectivity index (χ1v) is 12.8. The van der Waals surface area contributed by atoms with Crippen molar-refractivity contribution in [2.45, 2.75) is 37.6 Å². The first-order chi connectivity index (χ1) is 17.9. The van der Waals surface area contributed by atoms with Crippen LogP contribution in [0.4, 0.5) is 4.39 Å². The largest absolute Gasteiger partial charge is 0.476 e. The van der Waals surface area contributed by atoms with Crippen molar-refractivity contribution >= 4 is 40.7 Å². The van der Waals surface area contributed by atoms with Gasteiger partial charge in [-0.05, 0) is 43.7 Å². The minimum atomic E-state index is -1.14. The predicted molar refractivity (Wildman–Crippen MR) is 133 cm³/mol. The van der Waals surface area contributed by atoms with Gasteiger partial charge >= 0.3 is 11.9 Å². The number of methoxy groups -OCH3 is 1. The molecule has 37 heavy (non-hydrogen) atoms. The van der Waals surface area contributed by atoms with E-state index in [1.54, 1.807) is 6.20 Å². The fourth-order valence-electron chi connectivity index (χ4n) is 4.82. The third-order valence-corrected chi connectivity index (χ3v) is 7.71. The van der Waals surface area contributed by atoms with E-state index in [0.29, 0.717) is 59.3 Å². The number of aliphatic imine (C=N–C) groups is 1. The average molecular weight is 545 g/mol. The number of carboxylic acids is 1. The van der Waals surface area contributed by atoms with Crippen LogP contribution in [0.1, 0.15) is 64.6 Å². The maximum atomic E-state index is 13.8. The fourth-order valence-corrected chi connectivity index (χ4v) is 5.68. The van der Waals surface area contributed by atoms with Gasteiger partial charge in [-0.25, -0.2) is 23.9 Å². The smallest absolute Gasteiger partial charge is 0.357 e. The molecule has 0 saturated heterocycles. The Morgan fingerprint density at radius 2 is 2.00 bits per heavy atom. The van der Waals surface area contributed by atoms with E-state index in [1.165, 1.54) is 36.6 Å². The van der Waals surface area contributed by atoms with Gasteiger partial charge in [0.05, 0.1) is 12.7 Å². The molecule has 192 valence electrons. The molecule has 0 amide bonds. The molecule has 0 bridgehead atoms. The monoisotopic (exact) mass is 544 g/mol. The van der Waals surface area contributed by atoms with Gasteiger partial charge in [0, 0.05) is 33.8 Å². The highest BCUT2D eigenvalue weighted by Crippen LogP contribution is 2.43. The summed E-state index contributed by atoms with van der Waals surface area (Å²) in [7, 11) is 1.30. The van der Waals surface area contributed by atoms with Crippen LogP contribution in [-0.4, -0.2) is 40.0 Å². The minimum Gasteiger partial charge on any atom is -0.476 e. The van der Waals surface area contributed by atoms with E-state index >= 15 is 0 Å². The zero-order valence-corrected chi connectivity index (χ0v) is 21.2. The summed E-state index contributed by atoms with van der Waals surface area (Å²) in [4.78, 5) is 37.5. The van der Waals surface area contributed by atoms with Crippen LogP contribution in [0.15, 0.2) is 56.7 Å². The fraction of sp³-hybridized carbons (Fsp3) is 0.320. The van der Waals surface area contributed by atoms with E-state index in [9.17, 15) is 14.0 Å². The van der Waals surface area contributed by atoms with Crippen LogP contribution in [0, 0.1) is 11.7 Å². The molecule has 0 spiro atoms. The molecule has 2 aromatic heterocycles. The summed E-state index contributed by atoms with van der Waals surface area (Å²) in [5.41, 5.74) is 1.33. The number of nitrogens with one attached hydrogen (secondary N) is 1. The first-order valence-electron chi connectivity index (χ1n) is 11.6. The van der Waals surface area contributed by atoms with E-state index < -0.39 is 23.8 Å². The van der Waals surface area contributed by atoms with Gasteiger partial charge in [0.25, 0.3) is 0 Å². The SMILES string of the molecule is COC(=O)C1=C([C@H]2CC[C@H](c3nc(C(=O)O)co3)CC2)NC(c2nccs2)=NC1c1ccc(F)cc1Cl. The lowest BCUT2D eigenvalue weighted by Crippen LogP contribution is -2.37. The highest BCUT2D eigenvalue weighted by molar-refractivity contribution is 7.11. The van der Waals surface area contributed by atoms with Crippen LogP contribution in [0.3, 0.4) is 0 Å². The van der Waals surface area contributed by atoms with Crippen molar-refractivity contribution in [2.75, 3.05) is 7.11 Å². The number of amidine groups is 1. The lowest BCUT2D eigenvalue weighted by molar-refractivity contribution is -0.136. The number of esters is 1. The summed E-state index contributed by atoms with van der Waals surface area (Å²) < 4.78 is 24.4. The molecule has 1 aliphatic carbocycles. The summed E-state index contributed by atoms with van der Waals surface area (Å²) in [6.45, 7) is 0. The third kappa shape index (κ3) is 5.01. The molecule has 1 aliphatic heterocycles. The highest BCUT2D eigenvalue weighted by Gasteiger charge is 2.38. The van der Waals surface area contributed by atoms with Gasteiger partial charge < -0.3 is 19.6 Å². The second-order valence-electron chi connectivity index (χ2n) is 8.75. The summed E-state index contributed by atoms with van der Waals surface area (Å²) in [5.74, 6) is -1.40. The van der Waals surface area contributed by atoms with E-state index in [4.69, 9.17) is 30.9 Å². The summed E-state index contributed by atoms with van der Waals surface area (Å²) in [5, 5.41) is 15.1. The average Bonchev–Trinajstić information content (AvgIpc) is 3.61. The van der Waals surface area contributed by atoms with Crippen LogP contribution in [0.5, 0.6) is 0 Å². The molecule has 12 heteroatoms. The molecule has 9 nitrogen and oxygen atoms in total. The van der Waals surface area contributed by atoms with Crippen molar-refractivity contribution in [3.8, 4) is 0 Å². The summed E-state index contributed by atoms with van der Waals surface area (Å²) >= 11 is 7.81. The van der Waals surface area contributed by atoms with Crippen LogP contribution in [0.2, 0.25) is 5.02 Å². The van der Waals surface area contributed by atoms with Gasteiger partial charge in [0.2, 0.25) is 0 Å². The van der Waals surface area contributed by atoms with Crippen LogP contribution < -0.4 is 5.32 Å². The van der Waals surface area contributed by atoms with Crippen molar-refractivity contribution in [3.05, 3.63) is 80.3 Å². The number of nitrogens with zero attached hydrogens (tertiary/aromatic N) is 3. The number of carboxylic acid groups (broad SMARTS) is 1. The molecule has 2 aliphatic rings. The van der Waals surface area contributed by atoms with Crippen molar-refractivity contribution in [1.29, 1.82) is 0 Å². The normalized spacial score (nSPS) is 21.8. The van der Waals surface area contributed by atoms with Gasteiger partial charge in [0.15, 0.2) is 22.4 Å². The number of oxazole rings is 1. The van der Waals surface area contributed by atoms with E-state index in [0.717, 1.165) is 6.26 Å². The number of ether oxygens (including phenoxy) is 1. The van der Waals surface area contributed by atoms with Crippen molar-refractivity contribution < 1.29 is 28.2 Å². The third-order valence-electron chi connectivity index (χ3n) is 6.60. The molecule has 1 fully saturated rings. The van der Waals surface area contributed by atoms with Crippen molar-refractivity contribution in [1.82, 2.24) is 15.3 Å². The van der Waals surface area contributed by atoms with E-state index in [1.807, 2.05) is 5.38 Å². The van der Waals surface area contributed by atoms with Gasteiger partial charge in [-0.15, -0.1) is 11.3 Å². The molecule has 3 heterocycles. The molecule has 0 radical (unpaired) electrons. The quantitative estimate of drug-likeness (QED) is 0.410. The molecule has 3 aromatic rings. The van der Waals surface area contributed by atoms with Gasteiger partial charge in [-0.1, -0.05) is 17.7 Å². The topological polar surface area (TPSA) is 127 Å². The van der Waals surface area contributed by atoms with E-state index in [-0.39, 0.29) is 22.6 Å². The Labute approximate surface area is 220 Å². The maximum Gasteiger partial charge on any atom is 0.357 e. The zero-order valence-electron chi connectivity index (χ0n) is 19.6. The number of halogens is 2. The number of carbonyl (C=O) groups is 2. The Morgan fingerprint density at radius 1 is 1.24 bits per heavy atom. The molecule has 1 saturated carbocycles. The lowest BCUT2D eigenvalue weighted by atomic mass is 9.78. The lowest BCUT2D eigenvalue weighted by Gasteiger charge is -2.34. The molecule has 1 unspecified atom stereocenters. The number of thiazole rings is 1. The second-order valence-corrected chi connectivity index (χ2v) is 10.1. The molecule has 2 N–H and O–H groups in total. The number of benzene rings is 1. The molecule has 5 rings (SSSR count). The Balaban J connectivity index is 1.51. The number of aromatic carboxylic acids is 1. The Hall–Kier alpha value is -3.57. The predicted octanol–water partition coefficient (Wildman–Crippen LogP) is 5.11. The number of allylic oxidation sites excluding steroid dienone is 1. The van der Waals surface area contributed by atoms with Crippen LogP contribution >= 0.6 is 22.9 Å². The first kappa shape index (κ1) is 25.1. The van der Waals surface area contributed by atoms with Gasteiger partial charge in [0.1, 0.15) is 18.1 Å². The summed E-state index contributed by atoms with van der Waals surface area (Å²) in [6, 6.07) is 3.18. The van der Waals surface area contributed by atoms with Crippen molar-refractivity contribution in [2.24, 2.45) is 10.9 Å². The maximum absolute atomic E-state index is 13.8. The Bertz CT molecular complexity index is 1400. The van der Waals surface area contributed by atoms with Crippen LogP contribution in [-0.2, 0) is 9.53 Å². The van der Waals surface area contributed by atoms with Crippen LogP contribution in [0.25, 0.3) is 0 Å². The number of carbonyl (C=O) groups excluding carboxylic acids is 1. The Kier molecular flexibility index (Phi) is 7.07. The minimum absolute atomic E-state index is 0.0374. The summed E-state index contributed by atoms with van der Waals surface area (Å²) in [6.07, 6.45) is 5.51. The number of rotatable bonds is 6. The van der Waals surface area contributed by atoms with Gasteiger partial charge in [-0.3, -0.25) is 4.99 Å². The second kappa shape index (κ2) is 10.4. The Morgan fingerprint density at radius 3 is 2.62 bits per heavy atom. The molecule has 1 aromatic carbocycles. The highest BCUT2D eigenvalue weighted by atomic mass is 35.5. The van der Waals surface area contributed by atoms with Gasteiger partial charge in [-0.2, -0.15) is 0 Å². The number of aromatic nitrogens is 2. The molecular weight excluding hydrogens is 523 g/mol. The molecule has 1 atom stereocenters.